The van der Waals surface area contributed by atoms with Crippen LogP contribution in [0.3, 0.4) is 0 Å². The molecule has 6 nitrogen and oxygen atoms in total. The van der Waals surface area contributed by atoms with Gasteiger partial charge in [0.15, 0.2) is 0 Å². The Morgan fingerprint density at radius 3 is 2.68 bits per heavy atom. The number of fused-ring (bicyclic) bond motifs is 1. The van der Waals surface area contributed by atoms with Crippen LogP contribution >= 0.6 is 0 Å². The summed E-state index contributed by atoms with van der Waals surface area (Å²) >= 11 is 0. The van der Waals surface area contributed by atoms with Gasteiger partial charge in [0.05, 0.1) is 12.2 Å². The molecule has 0 radical (unpaired) electrons. The van der Waals surface area contributed by atoms with Crippen molar-refractivity contribution in [3.63, 3.8) is 0 Å². The predicted molar refractivity (Wildman–Crippen MR) is 111 cm³/mol. The zero-order valence-electron chi connectivity index (χ0n) is 17.2. The molecule has 2 heterocycles. The predicted octanol–water partition coefficient (Wildman–Crippen LogP) is 2.68. The molecule has 2 aliphatic rings. The highest BCUT2D eigenvalue weighted by molar-refractivity contribution is 5.97. The van der Waals surface area contributed by atoms with Crippen LogP contribution in [0.2, 0.25) is 0 Å². The summed E-state index contributed by atoms with van der Waals surface area (Å²) in [5.74, 6) is 2.18. The SMILES string of the molecule is C[C@@H]1C[C@H](C)CN(CCCNC(=O)CCC(=O)N2CCOc3ccccc32)C1. The van der Waals surface area contributed by atoms with E-state index in [4.69, 9.17) is 4.74 Å². The van der Waals surface area contributed by atoms with E-state index in [1.165, 1.54) is 6.42 Å². The average Bonchev–Trinajstić information content (AvgIpc) is 2.68. The number of rotatable bonds is 7. The number of hydrogen-bond donors (Lipinski definition) is 1. The molecule has 6 heteroatoms. The number of para-hydroxylation sites is 2. The number of benzene rings is 1. The first-order chi connectivity index (χ1) is 13.5. The molecule has 0 aromatic heterocycles. The molecule has 0 unspecified atom stereocenters. The molecule has 2 amide bonds. The maximum Gasteiger partial charge on any atom is 0.227 e. The summed E-state index contributed by atoms with van der Waals surface area (Å²) in [6.07, 6.45) is 2.72. The van der Waals surface area contributed by atoms with Gasteiger partial charge in [0.25, 0.3) is 0 Å². The van der Waals surface area contributed by atoms with Gasteiger partial charge in [-0.15, -0.1) is 0 Å². The standard InChI is InChI=1S/C22H33N3O3/c1-17-14-18(2)16-24(15-17)11-5-10-23-21(26)8-9-22(27)25-12-13-28-20-7-4-3-6-19(20)25/h3-4,6-7,17-18H,5,8-16H2,1-2H3,(H,23,26)/t17-,18+. The summed E-state index contributed by atoms with van der Waals surface area (Å²) in [4.78, 5) is 28.9. The van der Waals surface area contributed by atoms with E-state index in [0.717, 1.165) is 49.3 Å². The van der Waals surface area contributed by atoms with Crippen molar-refractivity contribution in [3.8, 4) is 5.75 Å². The van der Waals surface area contributed by atoms with E-state index >= 15 is 0 Å². The molecule has 154 valence electrons. The number of carbonyl (C=O) groups is 2. The molecule has 2 aliphatic heterocycles. The molecule has 1 fully saturated rings. The van der Waals surface area contributed by atoms with Crippen molar-refractivity contribution in [3.05, 3.63) is 24.3 Å². The summed E-state index contributed by atoms with van der Waals surface area (Å²) in [5, 5.41) is 2.96. The van der Waals surface area contributed by atoms with E-state index in [-0.39, 0.29) is 24.7 Å². The molecule has 0 bridgehead atoms. The summed E-state index contributed by atoms with van der Waals surface area (Å²) in [5.41, 5.74) is 0.796. The fraction of sp³-hybridized carbons (Fsp3) is 0.636. The first-order valence-corrected chi connectivity index (χ1v) is 10.5. The van der Waals surface area contributed by atoms with Gasteiger partial charge in [-0.3, -0.25) is 9.59 Å². The topological polar surface area (TPSA) is 61.9 Å². The van der Waals surface area contributed by atoms with Crippen molar-refractivity contribution in [2.45, 2.75) is 39.5 Å². The van der Waals surface area contributed by atoms with Gasteiger partial charge in [0.2, 0.25) is 11.8 Å². The molecule has 0 spiro atoms. The molecule has 1 N–H and O–H groups in total. The number of nitrogens with one attached hydrogen (secondary N) is 1. The Kier molecular flexibility index (Phi) is 7.31. The second-order valence-electron chi connectivity index (χ2n) is 8.27. The van der Waals surface area contributed by atoms with Crippen LogP contribution < -0.4 is 15.0 Å². The van der Waals surface area contributed by atoms with E-state index in [1.54, 1.807) is 4.90 Å². The van der Waals surface area contributed by atoms with Gasteiger partial charge >= 0.3 is 0 Å². The Bertz CT molecular complexity index is 669. The number of ether oxygens (including phenoxy) is 1. The highest BCUT2D eigenvalue weighted by atomic mass is 16.5. The number of amides is 2. The normalized spacial score (nSPS) is 22.3. The van der Waals surface area contributed by atoms with E-state index in [0.29, 0.717) is 19.7 Å². The summed E-state index contributed by atoms with van der Waals surface area (Å²) < 4.78 is 5.58. The molecule has 28 heavy (non-hydrogen) atoms. The maximum absolute atomic E-state index is 12.5. The van der Waals surface area contributed by atoms with Crippen molar-refractivity contribution in [2.24, 2.45) is 11.8 Å². The van der Waals surface area contributed by atoms with Crippen LogP contribution in [0.25, 0.3) is 0 Å². The lowest BCUT2D eigenvalue weighted by Crippen LogP contribution is -2.40. The van der Waals surface area contributed by atoms with E-state index in [2.05, 4.69) is 24.1 Å². The van der Waals surface area contributed by atoms with Crippen LogP contribution in [-0.4, -0.2) is 56.0 Å². The fourth-order valence-electron chi connectivity index (χ4n) is 4.38. The monoisotopic (exact) mass is 387 g/mol. The van der Waals surface area contributed by atoms with Crippen molar-refractivity contribution in [1.82, 2.24) is 10.2 Å². The largest absolute Gasteiger partial charge is 0.490 e. The smallest absolute Gasteiger partial charge is 0.227 e. The quantitative estimate of drug-likeness (QED) is 0.731. The van der Waals surface area contributed by atoms with E-state index in [9.17, 15) is 9.59 Å². The van der Waals surface area contributed by atoms with Crippen molar-refractivity contribution < 1.29 is 14.3 Å². The molecular weight excluding hydrogens is 354 g/mol. The number of likely N-dealkylation sites (tertiary alicyclic amines) is 1. The first-order valence-electron chi connectivity index (χ1n) is 10.5. The molecule has 1 aromatic rings. The van der Waals surface area contributed by atoms with E-state index < -0.39 is 0 Å². The van der Waals surface area contributed by atoms with Crippen LogP contribution in [0.5, 0.6) is 5.75 Å². The zero-order chi connectivity index (χ0) is 19.9. The third-order valence-corrected chi connectivity index (χ3v) is 5.51. The molecular formula is C22H33N3O3. The second kappa shape index (κ2) is 9.92. The number of nitrogens with zero attached hydrogens (tertiary/aromatic N) is 2. The first kappa shape index (κ1) is 20.6. The van der Waals surface area contributed by atoms with Gasteiger partial charge in [-0.25, -0.2) is 0 Å². The minimum Gasteiger partial charge on any atom is -0.490 e. The number of piperidine rings is 1. The lowest BCUT2D eigenvalue weighted by Gasteiger charge is -2.34. The van der Waals surface area contributed by atoms with Gasteiger partial charge in [-0.1, -0.05) is 26.0 Å². The van der Waals surface area contributed by atoms with Crippen molar-refractivity contribution in [2.75, 3.05) is 44.2 Å². The highest BCUT2D eigenvalue weighted by Gasteiger charge is 2.24. The van der Waals surface area contributed by atoms with Gasteiger partial charge in [0, 0.05) is 32.5 Å². The van der Waals surface area contributed by atoms with Crippen molar-refractivity contribution in [1.29, 1.82) is 0 Å². The molecule has 3 rings (SSSR count). The van der Waals surface area contributed by atoms with E-state index in [1.807, 2.05) is 24.3 Å². The molecule has 2 atom stereocenters. The molecule has 1 aromatic carbocycles. The van der Waals surface area contributed by atoms with Gasteiger partial charge < -0.3 is 19.9 Å². The third kappa shape index (κ3) is 5.71. The lowest BCUT2D eigenvalue weighted by atomic mass is 9.92. The van der Waals surface area contributed by atoms with Gasteiger partial charge in [-0.2, -0.15) is 0 Å². The Morgan fingerprint density at radius 1 is 1.14 bits per heavy atom. The number of carbonyl (C=O) groups excluding carboxylic acids is 2. The maximum atomic E-state index is 12.5. The summed E-state index contributed by atoms with van der Waals surface area (Å²) in [6, 6.07) is 7.54. The van der Waals surface area contributed by atoms with Crippen LogP contribution in [0, 0.1) is 11.8 Å². The van der Waals surface area contributed by atoms with Crippen LogP contribution in [0.15, 0.2) is 24.3 Å². The van der Waals surface area contributed by atoms with Crippen LogP contribution in [0.1, 0.15) is 39.5 Å². The number of hydrogen-bond acceptors (Lipinski definition) is 4. The van der Waals surface area contributed by atoms with Crippen molar-refractivity contribution >= 4 is 17.5 Å². The Morgan fingerprint density at radius 2 is 1.89 bits per heavy atom. The van der Waals surface area contributed by atoms with Gasteiger partial charge in [-0.05, 0) is 43.4 Å². The fourth-order valence-corrected chi connectivity index (χ4v) is 4.38. The Hall–Kier alpha value is -2.08. The second-order valence-corrected chi connectivity index (χ2v) is 8.27. The summed E-state index contributed by atoms with van der Waals surface area (Å²) in [7, 11) is 0. The minimum atomic E-state index is -0.0460. The van der Waals surface area contributed by atoms with Crippen LogP contribution in [-0.2, 0) is 9.59 Å². The number of anilines is 1. The lowest BCUT2D eigenvalue weighted by molar-refractivity contribution is -0.125. The zero-order valence-corrected chi connectivity index (χ0v) is 17.2. The molecule has 1 saturated heterocycles. The molecule has 0 aliphatic carbocycles. The van der Waals surface area contributed by atoms with Crippen LogP contribution in [0.4, 0.5) is 5.69 Å². The summed E-state index contributed by atoms with van der Waals surface area (Å²) in [6.45, 7) is 9.67. The Labute approximate surface area is 168 Å². The Balaban J connectivity index is 1.34. The third-order valence-electron chi connectivity index (χ3n) is 5.51. The van der Waals surface area contributed by atoms with Gasteiger partial charge in [0.1, 0.15) is 12.4 Å². The highest BCUT2D eigenvalue weighted by Crippen LogP contribution is 2.31. The molecule has 0 saturated carbocycles. The minimum absolute atomic E-state index is 0.0257. The average molecular weight is 388 g/mol.